The number of nitrogens with zero attached hydrogens (tertiary/aromatic N) is 2. The molecule has 0 radical (unpaired) electrons. The van der Waals surface area contributed by atoms with Crippen molar-refractivity contribution in [2.45, 2.75) is 12.1 Å². The van der Waals surface area contributed by atoms with Crippen LogP contribution in [0.15, 0.2) is 17.3 Å². The van der Waals surface area contributed by atoms with E-state index < -0.39 is 17.6 Å². The fraction of sp³-hybridized carbons (Fsp3) is 0.182. The Hall–Kier alpha value is -1.96. The summed E-state index contributed by atoms with van der Waals surface area (Å²) < 4.78 is 26.7. The van der Waals surface area contributed by atoms with Gasteiger partial charge in [0.25, 0.3) is 0 Å². The van der Waals surface area contributed by atoms with E-state index >= 15 is 0 Å². The van der Waals surface area contributed by atoms with Crippen LogP contribution in [0.3, 0.4) is 0 Å². The molecule has 100 valence electrons. The molecule has 0 atom stereocenters. The zero-order valence-electron chi connectivity index (χ0n) is 9.78. The van der Waals surface area contributed by atoms with E-state index in [9.17, 15) is 13.6 Å². The maximum atomic E-state index is 13.6. The van der Waals surface area contributed by atoms with Gasteiger partial charge in [-0.1, -0.05) is 11.8 Å². The van der Waals surface area contributed by atoms with Crippen molar-refractivity contribution < 1.29 is 18.7 Å². The van der Waals surface area contributed by atoms with Gasteiger partial charge in [0.1, 0.15) is 11.6 Å². The Morgan fingerprint density at radius 2 is 2.16 bits per heavy atom. The Morgan fingerprint density at radius 3 is 2.84 bits per heavy atom. The number of halogens is 2. The highest BCUT2D eigenvalue weighted by molar-refractivity contribution is 7.99. The van der Waals surface area contributed by atoms with Crippen LogP contribution in [0.1, 0.15) is 5.56 Å². The standard InChI is InChI=1S/C11H9F2N3O2S/c1-5-2-6(8(13)3-7(5)12)10-14-11(16-15-10)19-4-9(17)18/h2-3H,4H2,1H3,(H,17,18)(H,14,15,16). The molecule has 2 N–H and O–H groups in total. The monoisotopic (exact) mass is 285 g/mol. The van der Waals surface area contributed by atoms with Crippen LogP contribution in [0.2, 0.25) is 0 Å². The number of carbonyl (C=O) groups is 1. The predicted octanol–water partition coefficient (Wildman–Crippen LogP) is 2.24. The molecule has 1 heterocycles. The molecule has 0 fully saturated rings. The SMILES string of the molecule is Cc1cc(-c2nc(SCC(=O)O)n[nH]2)c(F)cc1F. The van der Waals surface area contributed by atoms with Gasteiger partial charge in [-0.15, -0.1) is 5.10 Å². The first-order valence-corrected chi connectivity index (χ1v) is 6.19. The number of benzene rings is 1. The number of rotatable bonds is 4. The van der Waals surface area contributed by atoms with Gasteiger partial charge in [-0.05, 0) is 18.6 Å². The highest BCUT2D eigenvalue weighted by Gasteiger charge is 2.14. The van der Waals surface area contributed by atoms with Crippen LogP contribution in [-0.2, 0) is 4.79 Å². The molecule has 0 bridgehead atoms. The van der Waals surface area contributed by atoms with Gasteiger partial charge in [-0.2, -0.15) is 0 Å². The number of aromatic nitrogens is 3. The van der Waals surface area contributed by atoms with E-state index in [1.165, 1.54) is 13.0 Å². The number of carboxylic acid groups (broad SMARTS) is 1. The second-order valence-electron chi connectivity index (χ2n) is 3.73. The molecule has 19 heavy (non-hydrogen) atoms. The van der Waals surface area contributed by atoms with E-state index in [0.29, 0.717) is 0 Å². The van der Waals surface area contributed by atoms with Crippen molar-refractivity contribution in [3.05, 3.63) is 29.3 Å². The molecule has 5 nitrogen and oxygen atoms in total. The van der Waals surface area contributed by atoms with E-state index in [2.05, 4.69) is 15.2 Å². The van der Waals surface area contributed by atoms with Crippen molar-refractivity contribution in [2.75, 3.05) is 5.75 Å². The number of hydrogen-bond acceptors (Lipinski definition) is 4. The molecule has 0 saturated heterocycles. The van der Waals surface area contributed by atoms with Crippen molar-refractivity contribution in [2.24, 2.45) is 0 Å². The number of H-pyrrole nitrogens is 1. The smallest absolute Gasteiger partial charge is 0.313 e. The Labute approximate surface area is 111 Å². The molecule has 0 amide bonds. The summed E-state index contributed by atoms with van der Waals surface area (Å²) in [5.74, 6) is -2.45. The van der Waals surface area contributed by atoms with Crippen molar-refractivity contribution >= 4 is 17.7 Å². The van der Waals surface area contributed by atoms with Gasteiger partial charge in [-0.25, -0.2) is 13.8 Å². The van der Waals surface area contributed by atoms with Gasteiger partial charge in [0.05, 0.1) is 11.3 Å². The summed E-state index contributed by atoms with van der Waals surface area (Å²) in [5, 5.41) is 15.0. The third kappa shape index (κ3) is 3.08. The third-order valence-electron chi connectivity index (χ3n) is 2.29. The van der Waals surface area contributed by atoms with Crippen molar-refractivity contribution in [1.82, 2.24) is 15.2 Å². The number of aryl methyl sites for hydroxylation is 1. The Morgan fingerprint density at radius 1 is 1.42 bits per heavy atom. The van der Waals surface area contributed by atoms with Gasteiger partial charge in [-0.3, -0.25) is 9.89 Å². The lowest BCUT2D eigenvalue weighted by Crippen LogP contribution is -1.97. The molecule has 0 aliphatic heterocycles. The van der Waals surface area contributed by atoms with E-state index in [4.69, 9.17) is 5.11 Å². The van der Waals surface area contributed by atoms with Crippen LogP contribution in [-0.4, -0.2) is 32.0 Å². The number of hydrogen-bond donors (Lipinski definition) is 2. The van der Waals surface area contributed by atoms with Gasteiger partial charge < -0.3 is 5.11 Å². The molecule has 1 aromatic heterocycles. The maximum Gasteiger partial charge on any atom is 0.313 e. The number of nitrogens with one attached hydrogen (secondary N) is 1. The van der Waals surface area contributed by atoms with Gasteiger partial charge >= 0.3 is 5.97 Å². The number of carboxylic acids is 1. The Balaban J connectivity index is 2.27. The molecule has 0 aliphatic carbocycles. The zero-order valence-corrected chi connectivity index (χ0v) is 10.6. The highest BCUT2D eigenvalue weighted by Crippen LogP contribution is 2.24. The summed E-state index contributed by atoms with van der Waals surface area (Å²) in [6.07, 6.45) is 0. The van der Waals surface area contributed by atoms with Crippen molar-refractivity contribution in [3.8, 4) is 11.4 Å². The largest absolute Gasteiger partial charge is 0.481 e. The first-order chi connectivity index (χ1) is 8.97. The molecule has 0 saturated carbocycles. The topological polar surface area (TPSA) is 78.9 Å². The van der Waals surface area contributed by atoms with Gasteiger partial charge in [0, 0.05) is 6.07 Å². The molecule has 1 aromatic carbocycles. The summed E-state index contributed by atoms with van der Waals surface area (Å²) >= 11 is 0.908. The quantitative estimate of drug-likeness (QED) is 0.842. The molecule has 0 spiro atoms. The maximum absolute atomic E-state index is 13.6. The van der Waals surface area contributed by atoms with E-state index in [1.54, 1.807) is 0 Å². The number of aliphatic carboxylic acids is 1. The predicted molar refractivity (Wildman–Crippen MR) is 64.8 cm³/mol. The molecule has 2 rings (SSSR count). The molecular weight excluding hydrogens is 276 g/mol. The summed E-state index contributed by atoms with van der Waals surface area (Å²) in [4.78, 5) is 14.4. The molecular formula is C11H9F2N3O2S. The van der Waals surface area contributed by atoms with Crippen LogP contribution >= 0.6 is 11.8 Å². The third-order valence-corrected chi connectivity index (χ3v) is 3.13. The minimum Gasteiger partial charge on any atom is -0.481 e. The fourth-order valence-electron chi connectivity index (χ4n) is 1.40. The lowest BCUT2D eigenvalue weighted by atomic mass is 10.1. The van der Waals surface area contributed by atoms with Crippen LogP contribution in [0.4, 0.5) is 8.78 Å². The van der Waals surface area contributed by atoms with Crippen molar-refractivity contribution in [1.29, 1.82) is 0 Å². The lowest BCUT2D eigenvalue weighted by Gasteiger charge is -2.01. The summed E-state index contributed by atoms with van der Waals surface area (Å²) in [7, 11) is 0. The first kappa shape index (κ1) is 13.5. The normalized spacial score (nSPS) is 10.7. The minimum atomic E-state index is -1.000. The molecule has 8 heteroatoms. The zero-order chi connectivity index (χ0) is 14.0. The van der Waals surface area contributed by atoms with E-state index in [1.807, 2.05) is 0 Å². The van der Waals surface area contributed by atoms with Gasteiger partial charge in [0.2, 0.25) is 5.16 Å². The number of thioether (sulfide) groups is 1. The van der Waals surface area contributed by atoms with E-state index in [0.717, 1.165) is 17.8 Å². The van der Waals surface area contributed by atoms with Gasteiger partial charge in [0.15, 0.2) is 5.82 Å². The Bertz CT molecular complexity index is 630. The van der Waals surface area contributed by atoms with Crippen LogP contribution < -0.4 is 0 Å². The molecule has 0 aliphatic rings. The van der Waals surface area contributed by atoms with Crippen LogP contribution in [0, 0.1) is 18.6 Å². The first-order valence-electron chi connectivity index (χ1n) is 5.20. The summed E-state index contributed by atoms with van der Waals surface area (Å²) in [6, 6.07) is 2.09. The van der Waals surface area contributed by atoms with Crippen LogP contribution in [0.5, 0.6) is 0 Å². The second kappa shape index (κ2) is 5.35. The second-order valence-corrected chi connectivity index (χ2v) is 4.67. The highest BCUT2D eigenvalue weighted by atomic mass is 32.2. The molecule has 2 aromatic rings. The number of aromatic amines is 1. The minimum absolute atomic E-state index is 0.0913. The average molecular weight is 285 g/mol. The Kier molecular flexibility index (Phi) is 3.79. The molecule has 0 unspecified atom stereocenters. The summed E-state index contributed by atoms with van der Waals surface area (Å²) in [6.45, 7) is 1.51. The van der Waals surface area contributed by atoms with E-state index in [-0.39, 0.29) is 27.9 Å². The van der Waals surface area contributed by atoms with Crippen LogP contribution in [0.25, 0.3) is 11.4 Å². The average Bonchev–Trinajstić information content (AvgIpc) is 2.80. The summed E-state index contributed by atoms with van der Waals surface area (Å²) in [5.41, 5.74) is 0.376. The lowest BCUT2D eigenvalue weighted by molar-refractivity contribution is -0.133. The van der Waals surface area contributed by atoms with Crippen molar-refractivity contribution in [3.63, 3.8) is 0 Å². The fourth-order valence-corrected chi connectivity index (χ4v) is 1.92.